The van der Waals surface area contributed by atoms with Crippen LogP contribution >= 0.6 is 11.3 Å². The topological polar surface area (TPSA) is 120 Å². The van der Waals surface area contributed by atoms with Crippen LogP contribution in [-0.2, 0) is 0 Å². The first-order valence-corrected chi connectivity index (χ1v) is 9.21. The maximum atomic E-state index is 13.6. The van der Waals surface area contributed by atoms with E-state index in [1.54, 1.807) is 12.1 Å². The van der Waals surface area contributed by atoms with Crippen LogP contribution in [0.1, 0.15) is 28.8 Å². The molecule has 0 saturated carbocycles. The Balaban J connectivity index is 1.92. The van der Waals surface area contributed by atoms with Crippen molar-refractivity contribution in [1.29, 1.82) is 5.26 Å². The van der Waals surface area contributed by atoms with Crippen molar-refractivity contribution in [2.75, 3.05) is 18.4 Å². The second-order valence-corrected chi connectivity index (χ2v) is 7.22. The lowest BCUT2D eigenvalue weighted by Gasteiger charge is -2.23. The molecule has 0 aliphatic carbocycles. The zero-order chi connectivity index (χ0) is 19.4. The highest BCUT2D eigenvalue weighted by Gasteiger charge is 2.22. The van der Waals surface area contributed by atoms with Crippen LogP contribution in [0, 0.1) is 17.1 Å². The third kappa shape index (κ3) is 4.42. The molecule has 3 amide bonds. The van der Waals surface area contributed by atoms with Crippen LogP contribution in [0.5, 0.6) is 0 Å². The molecule has 27 heavy (non-hydrogen) atoms. The average Bonchev–Trinajstić information content (AvgIpc) is 3.06. The summed E-state index contributed by atoms with van der Waals surface area (Å²) in [6.45, 7) is 1.61. The summed E-state index contributed by atoms with van der Waals surface area (Å²) in [5.74, 6) is -0.936. The molecule has 1 aliphatic heterocycles. The maximum absolute atomic E-state index is 13.6. The van der Waals surface area contributed by atoms with E-state index in [0.29, 0.717) is 22.0 Å². The minimum absolute atomic E-state index is 0.00652. The summed E-state index contributed by atoms with van der Waals surface area (Å²) in [4.78, 5) is 24.6. The summed E-state index contributed by atoms with van der Waals surface area (Å²) in [6, 6.07) is 6.74. The van der Waals surface area contributed by atoms with Crippen molar-refractivity contribution in [1.82, 2.24) is 10.6 Å². The molecule has 3 rings (SSSR count). The van der Waals surface area contributed by atoms with Crippen molar-refractivity contribution in [2.24, 2.45) is 5.73 Å². The number of rotatable bonds is 4. The molecular formula is C18H18FN5O2S. The number of anilines is 1. The van der Waals surface area contributed by atoms with Gasteiger partial charge in [0.1, 0.15) is 16.9 Å². The van der Waals surface area contributed by atoms with E-state index in [1.165, 1.54) is 18.2 Å². The van der Waals surface area contributed by atoms with Gasteiger partial charge in [-0.1, -0.05) is 6.07 Å². The third-order valence-electron chi connectivity index (χ3n) is 4.22. The van der Waals surface area contributed by atoms with Gasteiger partial charge in [-0.05, 0) is 43.1 Å². The summed E-state index contributed by atoms with van der Waals surface area (Å²) in [6.07, 6.45) is 1.84. The van der Waals surface area contributed by atoms with E-state index in [1.807, 2.05) is 0 Å². The van der Waals surface area contributed by atoms with E-state index in [-0.39, 0.29) is 23.1 Å². The molecule has 0 radical (unpaired) electrons. The van der Waals surface area contributed by atoms with Crippen LogP contribution in [0.25, 0.3) is 10.4 Å². The van der Waals surface area contributed by atoms with Crippen LogP contribution < -0.4 is 21.7 Å². The molecule has 1 aromatic carbocycles. The quantitative estimate of drug-likeness (QED) is 0.644. The van der Waals surface area contributed by atoms with Gasteiger partial charge >= 0.3 is 6.03 Å². The number of carbonyl (C=O) groups is 2. The van der Waals surface area contributed by atoms with Crippen LogP contribution in [-0.4, -0.2) is 31.1 Å². The standard InChI is InChI=1S/C18H18FN5O2S/c19-14-4-3-10(6-11(14)8-20)15-7-13(17(27-15)24-18(21)26)16(25)23-12-2-1-5-22-9-12/h3-4,6-7,12,22H,1-2,5,9H2,(H,23,25)(H3,21,24,26)/t12-/m0/s1. The number of nitriles is 1. The Hall–Kier alpha value is -2.96. The molecule has 0 unspecified atom stereocenters. The van der Waals surface area contributed by atoms with Gasteiger partial charge in [-0.15, -0.1) is 11.3 Å². The number of urea groups is 1. The van der Waals surface area contributed by atoms with Crippen molar-refractivity contribution in [2.45, 2.75) is 18.9 Å². The van der Waals surface area contributed by atoms with Crippen LogP contribution in [0.2, 0.25) is 0 Å². The zero-order valence-electron chi connectivity index (χ0n) is 14.3. The molecule has 1 saturated heterocycles. The molecule has 0 spiro atoms. The number of thiophene rings is 1. The van der Waals surface area contributed by atoms with E-state index in [4.69, 9.17) is 11.0 Å². The SMILES string of the molecule is N#Cc1cc(-c2cc(C(=O)N[C@H]3CCCNC3)c(NC(N)=O)s2)ccc1F. The van der Waals surface area contributed by atoms with Crippen LogP contribution in [0.3, 0.4) is 0 Å². The number of piperidine rings is 1. The Kier molecular flexibility index (Phi) is 5.69. The minimum Gasteiger partial charge on any atom is -0.351 e. The summed E-state index contributed by atoms with van der Waals surface area (Å²) >= 11 is 1.14. The van der Waals surface area contributed by atoms with E-state index >= 15 is 0 Å². The Morgan fingerprint density at radius 1 is 1.37 bits per heavy atom. The highest BCUT2D eigenvalue weighted by atomic mass is 32.1. The first kappa shape index (κ1) is 18.8. The summed E-state index contributed by atoms with van der Waals surface area (Å²) in [7, 11) is 0. The fraction of sp³-hybridized carbons (Fsp3) is 0.278. The van der Waals surface area contributed by atoms with E-state index in [9.17, 15) is 14.0 Å². The lowest BCUT2D eigenvalue weighted by atomic mass is 10.1. The van der Waals surface area contributed by atoms with Gasteiger partial charge in [-0.3, -0.25) is 10.1 Å². The van der Waals surface area contributed by atoms with Crippen LogP contribution in [0.4, 0.5) is 14.2 Å². The predicted octanol–water partition coefficient (Wildman–Crippen LogP) is 2.40. The normalized spacial score (nSPS) is 16.4. The molecule has 0 bridgehead atoms. The first-order chi connectivity index (χ1) is 13.0. The molecule has 1 aromatic heterocycles. The number of nitrogens with two attached hydrogens (primary N) is 1. The predicted molar refractivity (Wildman–Crippen MR) is 101 cm³/mol. The maximum Gasteiger partial charge on any atom is 0.317 e. The molecule has 9 heteroatoms. The van der Waals surface area contributed by atoms with E-state index in [0.717, 1.165) is 30.7 Å². The van der Waals surface area contributed by atoms with E-state index in [2.05, 4.69) is 16.0 Å². The van der Waals surface area contributed by atoms with Crippen molar-refractivity contribution in [3.05, 3.63) is 41.2 Å². The summed E-state index contributed by atoms with van der Waals surface area (Å²) in [5, 5.41) is 17.9. The van der Waals surface area contributed by atoms with Crippen molar-refractivity contribution < 1.29 is 14.0 Å². The van der Waals surface area contributed by atoms with Gasteiger partial charge in [0, 0.05) is 17.5 Å². The highest BCUT2D eigenvalue weighted by Crippen LogP contribution is 2.36. The first-order valence-electron chi connectivity index (χ1n) is 8.40. The number of nitrogens with one attached hydrogen (secondary N) is 3. The number of amides is 3. The fourth-order valence-electron chi connectivity index (χ4n) is 2.91. The van der Waals surface area contributed by atoms with Crippen LogP contribution in [0.15, 0.2) is 24.3 Å². The number of hydrogen-bond acceptors (Lipinski definition) is 5. The van der Waals surface area contributed by atoms with Gasteiger partial charge in [0.05, 0.1) is 11.1 Å². The Labute approximate surface area is 159 Å². The average molecular weight is 387 g/mol. The van der Waals surface area contributed by atoms with Gasteiger partial charge in [-0.2, -0.15) is 5.26 Å². The Bertz CT molecular complexity index is 915. The molecule has 5 N–H and O–H groups in total. The van der Waals surface area contributed by atoms with Crippen molar-refractivity contribution in [3.8, 4) is 16.5 Å². The largest absolute Gasteiger partial charge is 0.351 e. The third-order valence-corrected chi connectivity index (χ3v) is 5.32. The monoisotopic (exact) mass is 387 g/mol. The lowest BCUT2D eigenvalue weighted by molar-refractivity contribution is 0.0932. The second kappa shape index (κ2) is 8.16. The molecular weight excluding hydrogens is 369 g/mol. The summed E-state index contributed by atoms with van der Waals surface area (Å²) in [5.41, 5.74) is 5.97. The summed E-state index contributed by atoms with van der Waals surface area (Å²) < 4.78 is 13.6. The number of benzene rings is 1. The number of nitrogens with zero attached hydrogens (tertiary/aromatic N) is 1. The molecule has 7 nitrogen and oxygen atoms in total. The van der Waals surface area contributed by atoms with Gasteiger partial charge < -0.3 is 16.4 Å². The fourth-order valence-corrected chi connectivity index (χ4v) is 3.96. The van der Waals surface area contributed by atoms with Gasteiger partial charge in [0.15, 0.2) is 0 Å². The highest BCUT2D eigenvalue weighted by molar-refractivity contribution is 7.20. The molecule has 2 aromatic rings. The minimum atomic E-state index is -0.784. The number of carbonyl (C=O) groups excluding carboxylic acids is 2. The number of primary amides is 1. The molecule has 1 atom stereocenters. The Morgan fingerprint density at radius 3 is 2.85 bits per heavy atom. The molecule has 1 fully saturated rings. The van der Waals surface area contributed by atoms with Crippen molar-refractivity contribution in [3.63, 3.8) is 0 Å². The van der Waals surface area contributed by atoms with Crippen molar-refractivity contribution >= 4 is 28.3 Å². The number of halogens is 1. The molecule has 1 aliphatic rings. The van der Waals surface area contributed by atoms with E-state index < -0.39 is 11.8 Å². The molecule has 140 valence electrons. The van der Waals surface area contributed by atoms with Gasteiger partial charge in [0.2, 0.25) is 0 Å². The lowest BCUT2D eigenvalue weighted by Crippen LogP contribution is -2.45. The Morgan fingerprint density at radius 2 is 2.19 bits per heavy atom. The zero-order valence-corrected chi connectivity index (χ0v) is 15.2. The smallest absolute Gasteiger partial charge is 0.317 e. The number of hydrogen-bond donors (Lipinski definition) is 4. The van der Waals surface area contributed by atoms with Gasteiger partial charge in [-0.25, -0.2) is 9.18 Å². The molecule has 2 heterocycles. The second-order valence-electron chi connectivity index (χ2n) is 6.17. The van der Waals surface area contributed by atoms with Gasteiger partial charge in [0.25, 0.3) is 5.91 Å².